The minimum Gasteiger partial charge on any atom is -0.465 e. The van der Waals surface area contributed by atoms with Crippen molar-refractivity contribution in [2.45, 2.75) is 6.54 Å². The first-order valence-electron chi connectivity index (χ1n) is 5.14. The van der Waals surface area contributed by atoms with Crippen LogP contribution in [-0.4, -0.2) is 17.0 Å². The predicted molar refractivity (Wildman–Crippen MR) is 70.5 cm³/mol. The molecule has 0 unspecified atom stereocenters. The Morgan fingerprint density at radius 1 is 1.39 bits per heavy atom. The number of methoxy groups -OCH3 is 1. The van der Waals surface area contributed by atoms with Gasteiger partial charge in [-0.05, 0) is 29.2 Å². The van der Waals surface area contributed by atoms with Crippen molar-refractivity contribution in [1.29, 1.82) is 0 Å². The molecule has 4 nitrogen and oxygen atoms in total. The molecular formula is C12H10ClNO3S. The Hall–Kier alpha value is -1.59. The summed E-state index contributed by atoms with van der Waals surface area (Å²) in [5.74, 6) is -0.377. The lowest BCUT2D eigenvalue weighted by Gasteiger charge is -2.03. The van der Waals surface area contributed by atoms with E-state index in [4.69, 9.17) is 11.6 Å². The molecular weight excluding hydrogens is 274 g/mol. The molecule has 0 aliphatic heterocycles. The number of ether oxygens (including phenoxy) is 1. The predicted octanol–water partition coefficient (Wildman–Crippen LogP) is 2.40. The molecule has 0 amide bonds. The highest BCUT2D eigenvalue weighted by atomic mass is 35.5. The Kier molecular flexibility index (Phi) is 3.84. The monoisotopic (exact) mass is 283 g/mol. The van der Waals surface area contributed by atoms with Crippen molar-refractivity contribution >= 4 is 29.1 Å². The SMILES string of the molecule is COC(=O)c1ccc(Cn2sc(Cl)cc2=O)cc1. The molecule has 6 heteroatoms. The molecule has 0 saturated heterocycles. The van der Waals surface area contributed by atoms with Gasteiger partial charge in [0.1, 0.15) is 4.34 Å². The smallest absolute Gasteiger partial charge is 0.337 e. The topological polar surface area (TPSA) is 48.3 Å². The number of nitrogens with zero attached hydrogens (tertiary/aromatic N) is 1. The molecule has 0 spiro atoms. The van der Waals surface area contributed by atoms with Crippen molar-refractivity contribution < 1.29 is 9.53 Å². The van der Waals surface area contributed by atoms with Crippen LogP contribution >= 0.6 is 23.1 Å². The molecule has 0 N–H and O–H groups in total. The molecule has 0 aliphatic carbocycles. The Bertz CT molecular complexity index is 615. The highest BCUT2D eigenvalue weighted by molar-refractivity contribution is 7.11. The van der Waals surface area contributed by atoms with E-state index < -0.39 is 0 Å². The molecule has 0 aliphatic rings. The molecule has 0 fully saturated rings. The van der Waals surface area contributed by atoms with Crippen LogP contribution in [0.2, 0.25) is 4.34 Å². The van der Waals surface area contributed by atoms with Gasteiger partial charge in [0.2, 0.25) is 0 Å². The summed E-state index contributed by atoms with van der Waals surface area (Å²) in [5.41, 5.74) is 1.28. The van der Waals surface area contributed by atoms with Gasteiger partial charge in [0, 0.05) is 6.07 Å². The molecule has 0 saturated carbocycles. The lowest BCUT2D eigenvalue weighted by Crippen LogP contribution is -2.12. The third-order valence-electron chi connectivity index (χ3n) is 2.38. The van der Waals surface area contributed by atoms with Gasteiger partial charge in [0.05, 0.1) is 19.2 Å². The second-order valence-corrected chi connectivity index (χ2v) is 5.30. The van der Waals surface area contributed by atoms with E-state index >= 15 is 0 Å². The normalized spacial score (nSPS) is 10.3. The van der Waals surface area contributed by atoms with Gasteiger partial charge in [-0.2, -0.15) is 0 Å². The number of benzene rings is 1. The maximum absolute atomic E-state index is 11.5. The minimum atomic E-state index is -0.377. The van der Waals surface area contributed by atoms with Gasteiger partial charge >= 0.3 is 5.97 Å². The van der Waals surface area contributed by atoms with Crippen molar-refractivity contribution in [3.63, 3.8) is 0 Å². The Morgan fingerprint density at radius 2 is 2.06 bits per heavy atom. The Labute approximate surface area is 113 Å². The summed E-state index contributed by atoms with van der Waals surface area (Å²) in [4.78, 5) is 22.7. The van der Waals surface area contributed by atoms with E-state index in [1.54, 1.807) is 28.2 Å². The third-order valence-corrected chi connectivity index (χ3v) is 3.52. The number of carbonyl (C=O) groups is 1. The Balaban J connectivity index is 2.18. The average Bonchev–Trinajstić information content (AvgIpc) is 2.68. The summed E-state index contributed by atoms with van der Waals surface area (Å²) < 4.78 is 6.62. The van der Waals surface area contributed by atoms with Crippen LogP contribution in [0, 0.1) is 0 Å². The van der Waals surface area contributed by atoms with Crippen LogP contribution in [0.25, 0.3) is 0 Å². The maximum atomic E-state index is 11.5. The van der Waals surface area contributed by atoms with Crippen LogP contribution in [-0.2, 0) is 11.3 Å². The van der Waals surface area contributed by atoms with Crippen LogP contribution in [0.5, 0.6) is 0 Å². The van der Waals surface area contributed by atoms with Gasteiger partial charge in [0.25, 0.3) is 5.56 Å². The fraction of sp³-hybridized carbons (Fsp3) is 0.167. The molecule has 0 bridgehead atoms. The number of rotatable bonds is 3. The lowest BCUT2D eigenvalue weighted by molar-refractivity contribution is 0.0600. The highest BCUT2D eigenvalue weighted by Gasteiger charge is 2.06. The molecule has 1 heterocycles. The van der Waals surface area contributed by atoms with Crippen LogP contribution < -0.4 is 5.56 Å². The first kappa shape index (κ1) is 12.9. The van der Waals surface area contributed by atoms with Crippen molar-refractivity contribution in [1.82, 2.24) is 3.96 Å². The zero-order valence-corrected chi connectivity index (χ0v) is 11.1. The summed E-state index contributed by atoms with van der Waals surface area (Å²) in [6.45, 7) is 0.442. The lowest BCUT2D eigenvalue weighted by atomic mass is 10.1. The van der Waals surface area contributed by atoms with Crippen LogP contribution in [0.3, 0.4) is 0 Å². The van der Waals surface area contributed by atoms with E-state index in [1.165, 1.54) is 24.7 Å². The summed E-state index contributed by atoms with van der Waals surface area (Å²) in [6.07, 6.45) is 0. The second-order valence-electron chi connectivity index (χ2n) is 3.60. The Morgan fingerprint density at radius 3 is 2.56 bits per heavy atom. The molecule has 0 radical (unpaired) electrons. The number of halogens is 1. The fourth-order valence-electron chi connectivity index (χ4n) is 1.49. The average molecular weight is 284 g/mol. The molecule has 2 rings (SSSR count). The number of hydrogen-bond acceptors (Lipinski definition) is 4. The minimum absolute atomic E-state index is 0.123. The summed E-state index contributed by atoms with van der Waals surface area (Å²) >= 11 is 6.96. The quantitative estimate of drug-likeness (QED) is 0.813. The van der Waals surface area contributed by atoms with Crippen molar-refractivity contribution in [2.75, 3.05) is 7.11 Å². The third kappa shape index (κ3) is 2.80. The van der Waals surface area contributed by atoms with Gasteiger partial charge < -0.3 is 4.74 Å². The largest absolute Gasteiger partial charge is 0.465 e. The van der Waals surface area contributed by atoms with Gasteiger partial charge in [-0.1, -0.05) is 23.7 Å². The molecule has 1 aromatic carbocycles. The van der Waals surface area contributed by atoms with Crippen LogP contribution in [0.4, 0.5) is 0 Å². The van der Waals surface area contributed by atoms with Gasteiger partial charge in [0.15, 0.2) is 0 Å². The number of esters is 1. The zero-order valence-electron chi connectivity index (χ0n) is 9.55. The summed E-state index contributed by atoms with van der Waals surface area (Å²) in [7, 11) is 1.34. The second kappa shape index (κ2) is 5.37. The first-order valence-corrected chi connectivity index (χ1v) is 6.29. The van der Waals surface area contributed by atoms with Crippen molar-refractivity contribution in [3.05, 3.63) is 56.1 Å². The van der Waals surface area contributed by atoms with Gasteiger partial charge in [-0.15, -0.1) is 0 Å². The van der Waals surface area contributed by atoms with Gasteiger partial charge in [-0.3, -0.25) is 8.75 Å². The van der Waals surface area contributed by atoms with Gasteiger partial charge in [-0.25, -0.2) is 4.79 Å². The molecule has 0 atom stereocenters. The first-order chi connectivity index (χ1) is 8.60. The molecule has 18 heavy (non-hydrogen) atoms. The van der Waals surface area contributed by atoms with Crippen LogP contribution in [0.1, 0.15) is 15.9 Å². The fourth-order valence-corrected chi connectivity index (χ4v) is 2.55. The molecule has 94 valence electrons. The van der Waals surface area contributed by atoms with E-state index in [2.05, 4.69) is 4.74 Å². The molecule has 1 aromatic heterocycles. The maximum Gasteiger partial charge on any atom is 0.337 e. The zero-order chi connectivity index (χ0) is 13.1. The molecule has 2 aromatic rings. The standard InChI is InChI=1S/C12H10ClNO3S/c1-17-12(16)9-4-2-8(3-5-9)7-14-11(15)6-10(13)18-14/h2-6H,7H2,1H3. The number of aromatic nitrogens is 1. The van der Waals surface area contributed by atoms with Crippen molar-refractivity contribution in [3.8, 4) is 0 Å². The highest BCUT2D eigenvalue weighted by Crippen LogP contribution is 2.14. The van der Waals surface area contributed by atoms with Crippen molar-refractivity contribution in [2.24, 2.45) is 0 Å². The van der Waals surface area contributed by atoms with E-state index in [-0.39, 0.29) is 11.5 Å². The van der Waals surface area contributed by atoms with E-state index in [1.807, 2.05) is 0 Å². The summed E-state index contributed by atoms with van der Waals surface area (Å²) in [6, 6.07) is 8.29. The van der Waals surface area contributed by atoms with E-state index in [0.717, 1.165) is 5.56 Å². The van der Waals surface area contributed by atoms with E-state index in [0.29, 0.717) is 16.4 Å². The van der Waals surface area contributed by atoms with Crippen LogP contribution in [0.15, 0.2) is 35.1 Å². The summed E-state index contributed by atoms with van der Waals surface area (Å²) in [5, 5.41) is 0. The number of hydrogen-bond donors (Lipinski definition) is 0. The number of carbonyl (C=O) groups excluding carboxylic acids is 1. The van der Waals surface area contributed by atoms with E-state index in [9.17, 15) is 9.59 Å².